The number of benzene rings is 3. The van der Waals surface area contributed by atoms with Gasteiger partial charge in [0.2, 0.25) is 0 Å². The summed E-state index contributed by atoms with van der Waals surface area (Å²) in [6, 6.07) is 27.9. The highest BCUT2D eigenvalue weighted by molar-refractivity contribution is 7.99. The van der Waals surface area contributed by atoms with Gasteiger partial charge in [0.05, 0.1) is 28.3 Å². The smallest absolute Gasteiger partial charge is 0.0872 e. The van der Waals surface area contributed by atoms with Gasteiger partial charge in [-0.05, 0) is 60.7 Å². The molecular formula is C27H19N3S. The molecule has 3 heterocycles. The number of allylic oxidation sites excluding steroid dienone is 4. The molecule has 31 heavy (non-hydrogen) atoms. The molecule has 1 N–H and O–H groups in total. The van der Waals surface area contributed by atoms with Gasteiger partial charge in [-0.15, -0.1) is 0 Å². The van der Waals surface area contributed by atoms with Crippen molar-refractivity contribution in [3.8, 4) is 0 Å². The van der Waals surface area contributed by atoms with Gasteiger partial charge in [-0.3, -0.25) is 0 Å². The summed E-state index contributed by atoms with van der Waals surface area (Å²) < 4.78 is 0. The third-order valence-electron chi connectivity index (χ3n) is 5.46. The van der Waals surface area contributed by atoms with Crippen LogP contribution in [0.4, 0.5) is 17.1 Å². The fourth-order valence-corrected chi connectivity index (χ4v) is 5.06. The van der Waals surface area contributed by atoms with Crippen LogP contribution in [0.1, 0.15) is 5.69 Å². The molecule has 0 unspecified atom stereocenters. The van der Waals surface area contributed by atoms with E-state index in [1.807, 2.05) is 42.3 Å². The van der Waals surface area contributed by atoms with Crippen LogP contribution in [0.25, 0.3) is 16.6 Å². The Balaban J connectivity index is 1.46. The quantitative estimate of drug-likeness (QED) is 0.329. The lowest BCUT2D eigenvalue weighted by Gasteiger charge is -2.32. The van der Waals surface area contributed by atoms with Crippen molar-refractivity contribution in [3.63, 3.8) is 0 Å². The van der Waals surface area contributed by atoms with Crippen LogP contribution in [0.15, 0.2) is 119 Å². The standard InChI is InChI=1S/C27H19N3S/c1-2-8-22(28-17-7-1)23-15-13-19-18-20(14-16-21(19)29-23)30-24-9-3-5-11-26(24)31-27-12-6-4-10-25(27)30/h1-18,28H. The fraction of sp³-hybridized carbons (Fsp3) is 0. The average molecular weight is 418 g/mol. The zero-order valence-corrected chi connectivity index (χ0v) is 17.5. The van der Waals surface area contributed by atoms with Crippen LogP contribution >= 0.6 is 11.8 Å². The van der Waals surface area contributed by atoms with Crippen molar-refractivity contribution < 1.29 is 0 Å². The number of nitrogens with zero attached hydrogens (tertiary/aromatic N) is 2. The van der Waals surface area contributed by atoms with Crippen molar-refractivity contribution in [1.29, 1.82) is 0 Å². The predicted octanol–water partition coefficient (Wildman–Crippen LogP) is 7.18. The molecule has 0 saturated carbocycles. The van der Waals surface area contributed by atoms with Gasteiger partial charge in [0.25, 0.3) is 0 Å². The van der Waals surface area contributed by atoms with Crippen LogP contribution in [-0.4, -0.2) is 4.98 Å². The molecule has 3 nitrogen and oxygen atoms in total. The molecule has 0 atom stereocenters. The maximum absolute atomic E-state index is 4.89. The predicted molar refractivity (Wildman–Crippen MR) is 130 cm³/mol. The first-order valence-corrected chi connectivity index (χ1v) is 11.1. The normalized spacial score (nSPS) is 14.5. The third kappa shape index (κ3) is 3.22. The molecule has 3 aromatic carbocycles. The van der Waals surface area contributed by atoms with Gasteiger partial charge >= 0.3 is 0 Å². The molecule has 148 valence electrons. The first-order chi connectivity index (χ1) is 15.4. The molecule has 0 spiro atoms. The zero-order chi connectivity index (χ0) is 20.6. The highest BCUT2D eigenvalue weighted by atomic mass is 32.2. The zero-order valence-electron chi connectivity index (χ0n) is 16.7. The molecule has 0 bridgehead atoms. The highest BCUT2D eigenvalue weighted by Gasteiger charge is 2.24. The summed E-state index contributed by atoms with van der Waals surface area (Å²) in [5.74, 6) is 0. The second-order valence-corrected chi connectivity index (χ2v) is 8.50. The van der Waals surface area contributed by atoms with Gasteiger partial charge in [0, 0.05) is 27.1 Å². The van der Waals surface area contributed by atoms with Crippen LogP contribution in [0.2, 0.25) is 0 Å². The Morgan fingerprint density at radius 3 is 2.32 bits per heavy atom. The molecule has 2 aliphatic rings. The SMILES string of the molecule is C1=CC=C(c2ccc3cc(N4c5ccccc5Sc5ccccc54)ccc3n2)NC=C1. The van der Waals surface area contributed by atoms with E-state index in [1.54, 1.807) is 0 Å². The van der Waals surface area contributed by atoms with Gasteiger partial charge in [0.1, 0.15) is 0 Å². The minimum Gasteiger partial charge on any atom is -0.360 e. The number of hydrogen-bond donors (Lipinski definition) is 1. The number of rotatable bonds is 2. The van der Waals surface area contributed by atoms with Gasteiger partial charge in [-0.2, -0.15) is 0 Å². The number of aromatic nitrogens is 1. The molecule has 1 aromatic heterocycles. The Morgan fingerprint density at radius 1 is 0.742 bits per heavy atom. The summed E-state index contributed by atoms with van der Waals surface area (Å²) in [6.07, 6.45) is 9.96. The van der Waals surface area contributed by atoms with Crippen LogP contribution in [0.5, 0.6) is 0 Å². The lowest BCUT2D eigenvalue weighted by Crippen LogP contribution is -2.14. The summed E-state index contributed by atoms with van der Waals surface area (Å²) >= 11 is 1.83. The highest BCUT2D eigenvalue weighted by Crippen LogP contribution is 2.51. The van der Waals surface area contributed by atoms with Gasteiger partial charge in [-0.1, -0.05) is 54.2 Å². The summed E-state index contributed by atoms with van der Waals surface area (Å²) in [5, 5.41) is 4.41. The Kier molecular flexibility index (Phi) is 4.36. The Labute approximate surface area is 185 Å². The van der Waals surface area contributed by atoms with Gasteiger partial charge in [0.15, 0.2) is 0 Å². The largest absolute Gasteiger partial charge is 0.360 e. The first kappa shape index (κ1) is 18.0. The molecular weight excluding hydrogens is 398 g/mol. The van der Waals surface area contributed by atoms with Crippen LogP contribution < -0.4 is 10.2 Å². The fourth-order valence-electron chi connectivity index (χ4n) is 4.00. The van der Waals surface area contributed by atoms with E-state index in [0.717, 1.165) is 28.0 Å². The number of anilines is 3. The lowest BCUT2D eigenvalue weighted by molar-refractivity contribution is 1.16. The number of fused-ring (bicyclic) bond motifs is 3. The van der Waals surface area contributed by atoms with Gasteiger partial charge < -0.3 is 10.2 Å². The Hall–Kier alpha value is -3.76. The maximum atomic E-state index is 4.89. The Morgan fingerprint density at radius 2 is 1.52 bits per heavy atom. The van der Waals surface area contributed by atoms with E-state index in [0.29, 0.717) is 0 Å². The van der Waals surface area contributed by atoms with E-state index in [-0.39, 0.29) is 0 Å². The minimum absolute atomic E-state index is 0.932. The molecule has 4 heteroatoms. The molecule has 0 aliphatic carbocycles. The van der Waals surface area contributed by atoms with E-state index in [2.05, 4.69) is 89.1 Å². The minimum atomic E-state index is 0.932. The van der Waals surface area contributed by atoms with E-state index in [4.69, 9.17) is 4.98 Å². The molecule has 4 aromatic rings. The summed E-state index contributed by atoms with van der Waals surface area (Å²) in [6.45, 7) is 0. The maximum Gasteiger partial charge on any atom is 0.0872 e. The molecule has 0 fully saturated rings. The second-order valence-electron chi connectivity index (χ2n) is 7.42. The topological polar surface area (TPSA) is 28.2 Å². The monoisotopic (exact) mass is 417 g/mol. The van der Waals surface area contributed by atoms with E-state index >= 15 is 0 Å². The van der Waals surface area contributed by atoms with Crippen molar-refractivity contribution in [2.75, 3.05) is 4.90 Å². The van der Waals surface area contributed by atoms with Crippen LogP contribution in [-0.2, 0) is 0 Å². The van der Waals surface area contributed by atoms with Crippen molar-refractivity contribution in [2.24, 2.45) is 0 Å². The number of hydrogen-bond acceptors (Lipinski definition) is 4. The van der Waals surface area contributed by atoms with Crippen molar-refractivity contribution >= 4 is 45.4 Å². The third-order valence-corrected chi connectivity index (χ3v) is 6.59. The number of para-hydroxylation sites is 2. The van der Waals surface area contributed by atoms with E-state index < -0.39 is 0 Å². The van der Waals surface area contributed by atoms with Crippen LogP contribution in [0.3, 0.4) is 0 Å². The summed E-state index contributed by atoms with van der Waals surface area (Å²) in [4.78, 5) is 9.77. The van der Waals surface area contributed by atoms with Gasteiger partial charge in [-0.25, -0.2) is 4.98 Å². The molecule has 0 saturated heterocycles. The summed E-state index contributed by atoms with van der Waals surface area (Å²) in [7, 11) is 0. The lowest BCUT2D eigenvalue weighted by atomic mass is 10.1. The molecule has 0 amide bonds. The molecule has 6 rings (SSSR count). The van der Waals surface area contributed by atoms with Crippen molar-refractivity contribution in [2.45, 2.75) is 9.79 Å². The van der Waals surface area contributed by atoms with Crippen molar-refractivity contribution in [3.05, 3.63) is 115 Å². The van der Waals surface area contributed by atoms with Crippen molar-refractivity contribution in [1.82, 2.24) is 10.3 Å². The van der Waals surface area contributed by atoms with Crippen LogP contribution in [0, 0.1) is 0 Å². The average Bonchev–Trinajstić information content (AvgIpc) is 3.11. The second kappa shape index (κ2) is 7.49. The number of pyridine rings is 1. The first-order valence-electron chi connectivity index (χ1n) is 10.2. The Bertz CT molecular complexity index is 1360. The number of nitrogens with one attached hydrogen (secondary N) is 1. The molecule has 2 aliphatic heterocycles. The molecule has 0 radical (unpaired) electrons. The van der Waals surface area contributed by atoms with E-state index in [9.17, 15) is 0 Å². The summed E-state index contributed by atoms with van der Waals surface area (Å²) in [5.41, 5.74) is 6.46. The van der Waals surface area contributed by atoms with E-state index in [1.165, 1.54) is 21.2 Å².